The number of anilines is 1. The van der Waals surface area contributed by atoms with Gasteiger partial charge in [-0.1, -0.05) is 5.21 Å². The van der Waals surface area contributed by atoms with Crippen LogP contribution in [0.25, 0.3) is 5.69 Å². The summed E-state index contributed by atoms with van der Waals surface area (Å²) in [7, 11) is 1.60. The zero-order valence-electron chi connectivity index (χ0n) is 9.48. The molecule has 0 spiro atoms. The number of benzene rings is 1. The predicted molar refractivity (Wildman–Crippen MR) is 73.0 cm³/mol. The Morgan fingerprint density at radius 1 is 1.50 bits per heavy atom. The monoisotopic (exact) mass is 356 g/mol. The third kappa shape index (κ3) is 1.74. The van der Waals surface area contributed by atoms with Crippen LogP contribution in [-0.2, 0) is 11.2 Å². The molecule has 18 heavy (non-hydrogen) atoms. The smallest absolute Gasteiger partial charge is 0.230 e. The third-order valence-corrected chi connectivity index (χ3v) is 3.59. The Kier molecular flexibility index (Phi) is 2.69. The standard InChI is InChI=1S/C11H9IN4O2/c1-18-6-2-3-7-8(4-6)16-9(5-10(17)13-7)11(12)14-15-16/h2-4H,5H2,1H3,(H,13,17). The number of nitrogens with zero attached hydrogens (tertiary/aromatic N) is 3. The Hall–Kier alpha value is -1.64. The molecule has 0 radical (unpaired) electrons. The maximum Gasteiger partial charge on any atom is 0.230 e. The average Bonchev–Trinajstić information content (AvgIpc) is 2.65. The molecule has 2 aromatic rings. The second-order valence-corrected chi connectivity index (χ2v) is 4.87. The fourth-order valence-corrected chi connectivity index (χ4v) is 2.41. The van der Waals surface area contributed by atoms with Gasteiger partial charge in [0.25, 0.3) is 0 Å². The first kappa shape index (κ1) is 11.5. The summed E-state index contributed by atoms with van der Waals surface area (Å²) in [4.78, 5) is 11.8. The summed E-state index contributed by atoms with van der Waals surface area (Å²) in [5, 5.41) is 10.9. The van der Waals surface area contributed by atoms with Crippen LogP contribution < -0.4 is 10.1 Å². The number of hydrogen-bond donors (Lipinski definition) is 1. The SMILES string of the molecule is COc1ccc2c(c1)-n1nnc(I)c1CC(=O)N2. The molecule has 92 valence electrons. The van der Waals surface area contributed by atoms with Crippen molar-refractivity contribution in [1.29, 1.82) is 0 Å². The number of aromatic nitrogens is 3. The Balaban J connectivity index is 2.26. The first-order valence-electron chi connectivity index (χ1n) is 5.27. The van der Waals surface area contributed by atoms with Gasteiger partial charge in [0, 0.05) is 6.07 Å². The fourth-order valence-electron chi connectivity index (χ4n) is 1.89. The van der Waals surface area contributed by atoms with Crippen LogP contribution >= 0.6 is 22.6 Å². The molecule has 0 unspecified atom stereocenters. The van der Waals surface area contributed by atoms with E-state index in [1.165, 1.54) is 0 Å². The van der Waals surface area contributed by atoms with E-state index in [1.54, 1.807) is 23.9 Å². The van der Waals surface area contributed by atoms with Crippen molar-refractivity contribution in [2.75, 3.05) is 12.4 Å². The number of methoxy groups -OCH3 is 1. The summed E-state index contributed by atoms with van der Waals surface area (Å²) in [5.41, 5.74) is 2.27. The molecule has 0 atom stereocenters. The maximum absolute atomic E-state index is 11.8. The van der Waals surface area contributed by atoms with Gasteiger partial charge in [-0.2, -0.15) is 0 Å². The van der Waals surface area contributed by atoms with Crippen molar-refractivity contribution in [3.63, 3.8) is 0 Å². The lowest BCUT2D eigenvalue weighted by molar-refractivity contribution is -0.115. The molecule has 2 heterocycles. The Morgan fingerprint density at radius 3 is 3.11 bits per heavy atom. The molecule has 0 saturated carbocycles. The van der Waals surface area contributed by atoms with Gasteiger partial charge >= 0.3 is 0 Å². The molecular weight excluding hydrogens is 347 g/mol. The first-order valence-corrected chi connectivity index (χ1v) is 6.35. The van der Waals surface area contributed by atoms with Crippen molar-refractivity contribution in [2.24, 2.45) is 0 Å². The fraction of sp³-hybridized carbons (Fsp3) is 0.182. The van der Waals surface area contributed by atoms with Crippen molar-refractivity contribution in [2.45, 2.75) is 6.42 Å². The molecule has 7 heteroatoms. The molecule has 0 aliphatic carbocycles. The van der Waals surface area contributed by atoms with Crippen LogP contribution in [0.5, 0.6) is 5.75 Å². The zero-order valence-corrected chi connectivity index (χ0v) is 11.6. The van der Waals surface area contributed by atoms with Crippen molar-refractivity contribution < 1.29 is 9.53 Å². The maximum atomic E-state index is 11.8. The minimum absolute atomic E-state index is 0.0691. The van der Waals surface area contributed by atoms with Gasteiger partial charge in [0.1, 0.15) is 9.45 Å². The number of ether oxygens (including phenoxy) is 1. The highest BCUT2D eigenvalue weighted by molar-refractivity contribution is 14.1. The number of halogens is 1. The number of amides is 1. The van der Waals surface area contributed by atoms with E-state index >= 15 is 0 Å². The van der Waals surface area contributed by atoms with Crippen molar-refractivity contribution in [3.05, 3.63) is 27.6 Å². The molecule has 1 aromatic heterocycles. The van der Waals surface area contributed by atoms with Crippen LogP contribution in [-0.4, -0.2) is 28.0 Å². The largest absolute Gasteiger partial charge is 0.497 e. The quantitative estimate of drug-likeness (QED) is 0.784. The third-order valence-electron chi connectivity index (χ3n) is 2.75. The number of carbonyl (C=O) groups is 1. The van der Waals surface area contributed by atoms with Gasteiger partial charge in [-0.25, -0.2) is 4.68 Å². The summed E-state index contributed by atoms with van der Waals surface area (Å²) in [6, 6.07) is 5.43. The van der Waals surface area contributed by atoms with E-state index in [1.807, 2.05) is 6.07 Å². The summed E-state index contributed by atoms with van der Waals surface area (Å²) in [6.45, 7) is 0. The van der Waals surface area contributed by atoms with Crippen LogP contribution in [0, 0.1) is 3.70 Å². The lowest BCUT2D eigenvalue weighted by Crippen LogP contribution is -2.13. The first-order chi connectivity index (χ1) is 8.69. The van der Waals surface area contributed by atoms with Crippen LogP contribution in [0.4, 0.5) is 5.69 Å². The van der Waals surface area contributed by atoms with Crippen LogP contribution in [0.15, 0.2) is 18.2 Å². The lowest BCUT2D eigenvalue weighted by Gasteiger charge is -2.09. The molecule has 0 bridgehead atoms. The highest BCUT2D eigenvalue weighted by Crippen LogP contribution is 2.29. The summed E-state index contributed by atoms with van der Waals surface area (Å²) >= 11 is 2.08. The Bertz CT molecular complexity index is 638. The number of fused-ring (bicyclic) bond motifs is 3. The number of rotatable bonds is 1. The van der Waals surface area contributed by atoms with Crippen LogP contribution in [0.2, 0.25) is 0 Å². The highest BCUT2D eigenvalue weighted by atomic mass is 127. The van der Waals surface area contributed by atoms with Gasteiger partial charge in [0.15, 0.2) is 0 Å². The van der Waals surface area contributed by atoms with E-state index in [2.05, 4.69) is 38.2 Å². The molecule has 1 amide bonds. The zero-order chi connectivity index (χ0) is 12.7. The molecule has 0 saturated heterocycles. The minimum atomic E-state index is -0.0691. The van der Waals surface area contributed by atoms with Crippen molar-refractivity contribution in [3.8, 4) is 11.4 Å². The van der Waals surface area contributed by atoms with Gasteiger partial charge in [0.05, 0.1) is 30.6 Å². The molecule has 6 nitrogen and oxygen atoms in total. The number of carbonyl (C=O) groups excluding carboxylic acids is 1. The van der Waals surface area contributed by atoms with E-state index in [-0.39, 0.29) is 12.3 Å². The number of nitrogens with one attached hydrogen (secondary N) is 1. The molecule has 1 aromatic carbocycles. The normalized spacial score (nSPS) is 13.3. The Labute approximate surface area is 116 Å². The summed E-state index contributed by atoms with van der Waals surface area (Å²) < 4.78 is 7.61. The van der Waals surface area contributed by atoms with E-state index in [4.69, 9.17) is 4.74 Å². The van der Waals surface area contributed by atoms with Gasteiger partial charge in [-0.05, 0) is 34.7 Å². The molecular formula is C11H9IN4O2. The summed E-state index contributed by atoms with van der Waals surface area (Å²) in [6.07, 6.45) is 0.266. The topological polar surface area (TPSA) is 69.0 Å². The molecule has 3 rings (SSSR count). The van der Waals surface area contributed by atoms with Crippen LogP contribution in [0.1, 0.15) is 5.69 Å². The van der Waals surface area contributed by atoms with E-state index in [9.17, 15) is 4.79 Å². The van der Waals surface area contributed by atoms with E-state index in [0.717, 1.165) is 15.1 Å². The van der Waals surface area contributed by atoms with E-state index < -0.39 is 0 Å². The van der Waals surface area contributed by atoms with E-state index in [0.29, 0.717) is 11.4 Å². The van der Waals surface area contributed by atoms with Crippen LogP contribution in [0.3, 0.4) is 0 Å². The lowest BCUT2D eigenvalue weighted by atomic mass is 10.2. The average molecular weight is 356 g/mol. The van der Waals surface area contributed by atoms with Gasteiger partial charge in [0.2, 0.25) is 5.91 Å². The Morgan fingerprint density at radius 2 is 2.33 bits per heavy atom. The minimum Gasteiger partial charge on any atom is -0.497 e. The molecule has 1 N–H and O–H groups in total. The summed E-state index contributed by atoms with van der Waals surface area (Å²) in [5.74, 6) is 0.640. The number of hydrogen-bond acceptors (Lipinski definition) is 4. The molecule has 1 aliphatic rings. The van der Waals surface area contributed by atoms with Gasteiger partial charge in [-0.15, -0.1) is 5.10 Å². The van der Waals surface area contributed by atoms with Gasteiger partial charge in [-0.3, -0.25) is 4.79 Å². The molecule has 1 aliphatic heterocycles. The van der Waals surface area contributed by atoms with Crippen molar-refractivity contribution >= 4 is 34.2 Å². The molecule has 0 fully saturated rings. The van der Waals surface area contributed by atoms with Gasteiger partial charge < -0.3 is 10.1 Å². The van der Waals surface area contributed by atoms with Crippen molar-refractivity contribution in [1.82, 2.24) is 15.0 Å². The highest BCUT2D eigenvalue weighted by Gasteiger charge is 2.22. The predicted octanol–water partition coefficient (Wildman–Crippen LogP) is 1.38. The second kappa shape index (κ2) is 4.23. The second-order valence-electron chi connectivity index (χ2n) is 3.85.